The lowest BCUT2D eigenvalue weighted by molar-refractivity contribution is 0.156. The Morgan fingerprint density at radius 2 is 2.35 bits per heavy atom. The summed E-state index contributed by atoms with van der Waals surface area (Å²) in [6.07, 6.45) is 3.38. The lowest BCUT2D eigenvalue weighted by atomic mass is 10.0. The second-order valence-corrected chi connectivity index (χ2v) is 5.39. The highest BCUT2D eigenvalue weighted by molar-refractivity contribution is 5.33. The largest absolute Gasteiger partial charge is 0.315 e. The Kier molecular flexibility index (Phi) is 5.51. The SMILES string of the molecule is CCCN(Cc1cc(C#N)ccc1F)C1CCCNC1. The minimum absolute atomic E-state index is 0.214. The molecule has 1 unspecified atom stereocenters. The third kappa shape index (κ3) is 3.78. The predicted octanol–water partition coefficient (Wildman–Crippen LogP) is 2.66. The Morgan fingerprint density at radius 1 is 1.50 bits per heavy atom. The minimum Gasteiger partial charge on any atom is -0.315 e. The summed E-state index contributed by atoms with van der Waals surface area (Å²) in [4.78, 5) is 2.34. The van der Waals surface area contributed by atoms with Crippen molar-refractivity contribution in [1.82, 2.24) is 10.2 Å². The van der Waals surface area contributed by atoms with E-state index in [2.05, 4.69) is 23.2 Å². The number of nitriles is 1. The molecule has 1 aliphatic rings. The molecule has 1 heterocycles. The van der Waals surface area contributed by atoms with Gasteiger partial charge in [0.05, 0.1) is 11.6 Å². The molecule has 1 aromatic rings. The van der Waals surface area contributed by atoms with E-state index in [1.807, 2.05) is 0 Å². The molecule has 0 aromatic heterocycles. The predicted molar refractivity (Wildman–Crippen MR) is 77.7 cm³/mol. The molecule has 0 bridgehead atoms. The van der Waals surface area contributed by atoms with Crippen LogP contribution in [0.5, 0.6) is 0 Å². The first-order chi connectivity index (χ1) is 9.74. The highest BCUT2D eigenvalue weighted by Crippen LogP contribution is 2.18. The van der Waals surface area contributed by atoms with Crippen LogP contribution in [0.15, 0.2) is 18.2 Å². The molecule has 4 heteroatoms. The van der Waals surface area contributed by atoms with Crippen molar-refractivity contribution in [2.45, 2.75) is 38.8 Å². The van der Waals surface area contributed by atoms with Crippen LogP contribution in [0.3, 0.4) is 0 Å². The summed E-state index contributed by atoms with van der Waals surface area (Å²) in [7, 11) is 0. The van der Waals surface area contributed by atoms with E-state index in [0.29, 0.717) is 23.7 Å². The van der Waals surface area contributed by atoms with Crippen molar-refractivity contribution in [3.8, 4) is 6.07 Å². The minimum atomic E-state index is -0.214. The first-order valence-corrected chi connectivity index (χ1v) is 7.38. The van der Waals surface area contributed by atoms with Crippen LogP contribution >= 0.6 is 0 Å². The summed E-state index contributed by atoms with van der Waals surface area (Å²) >= 11 is 0. The molecule has 108 valence electrons. The highest BCUT2D eigenvalue weighted by atomic mass is 19.1. The van der Waals surface area contributed by atoms with E-state index >= 15 is 0 Å². The maximum absolute atomic E-state index is 13.9. The van der Waals surface area contributed by atoms with Gasteiger partial charge in [0.2, 0.25) is 0 Å². The number of piperidine rings is 1. The van der Waals surface area contributed by atoms with Crippen LogP contribution in [0.4, 0.5) is 4.39 Å². The van der Waals surface area contributed by atoms with E-state index in [0.717, 1.165) is 32.5 Å². The van der Waals surface area contributed by atoms with Gasteiger partial charge in [0.1, 0.15) is 5.82 Å². The molecule has 1 aliphatic heterocycles. The monoisotopic (exact) mass is 275 g/mol. The molecule has 1 N–H and O–H groups in total. The van der Waals surface area contributed by atoms with Crippen molar-refractivity contribution in [1.29, 1.82) is 5.26 Å². The van der Waals surface area contributed by atoms with Crippen molar-refractivity contribution in [3.05, 3.63) is 35.1 Å². The maximum Gasteiger partial charge on any atom is 0.127 e. The molecule has 0 radical (unpaired) electrons. The van der Waals surface area contributed by atoms with Gasteiger partial charge in [-0.05, 0) is 50.6 Å². The van der Waals surface area contributed by atoms with Crippen molar-refractivity contribution in [3.63, 3.8) is 0 Å². The van der Waals surface area contributed by atoms with Gasteiger partial charge >= 0.3 is 0 Å². The molecule has 0 amide bonds. The van der Waals surface area contributed by atoms with Crippen molar-refractivity contribution in [2.24, 2.45) is 0 Å². The Morgan fingerprint density at radius 3 is 3.00 bits per heavy atom. The average Bonchev–Trinajstić information content (AvgIpc) is 2.49. The summed E-state index contributed by atoms with van der Waals surface area (Å²) in [6.45, 7) is 5.74. The summed E-state index contributed by atoms with van der Waals surface area (Å²) in [5.74, 6) is -0.214. The Labute approximate surface area is 120 Å². The number of benzene rings is 1. The number of hydrogen-bond acceptors (Lipinski definition) is 3. The number of hydrogen-bond donors (Lipinski definition) is 1. The van der Waals surface area contributed by atoms with Gasteiger partial charge in [0, 0.05) is 24.7 Å². The van der Waals surface area contributed by atoms with Gasteiger partial charge in [-0.2, -0.15) is 5.26 Å². The van der Waals surface area contributed by atoms with Crippen molar-refractivity contribution in [2.75, 3.05) is 19.6 Å². The second kappa shape index (κ2) is 7.37. The highest BCUT2D eigenvalue weighted by Gasteiger charge is 2.21. The van der Waals surface area contributed by atoms with Gasteiger partial charge < -0.3 is 5.32 Å². The molecule has 3 nitrogen and oxygen atoms in total. The third-order valence-electron chi connectivity index (χ3n) is 3.85. The molecule has 0 saturated carbocycles. The van der Waals surface area contributed by atoms with Gasteiger partial charge in [0.15, 0.2) is 0 Å². The molecule has 1 saturated heterocycles. The van der Waals surface area contributed by atoms with Crippen molar-refractivity contribution >= 4 is 0 Å². The van der Waals surface area contributed by atoms with E-state index in [1.54, 1.807) is 6.07 Å². The van der Waals surface area contributed by atoms with E-state index in [1.165, 1.54) is 18.6 Å². The number of rotatable bonds is 5. The fraction of sp³-hybridized carbons (Fsp3) is 0.562. The molecule has 1 atom stereocenters. The molecule has 1 aromatic carbocycles. The second-order valence-electron chi connectivity index (χ2n) is 5.39. The smallest absolute Gasteiger partial charge is 0.127 e. The lowest BCUT2D eigenvalue weighted by Crippen LogP contribution is -2.46. The zero-order chi connectivity index (χ0) is 14.4. The van der Waals surface area contributed by atoms with E-state index in [9.17, 15) is 4.39 Å². The molecule has 0 spiro atoms. The Balaban J connectivity index is 2.12. The van der Waals surface area contributed by atoms with Crippen molar-refractivity contribution < 1.29 is 4.39 Å². The summed E-state index contributed by atoms with van der Waals surface area (Å²) < 4.78 is 13.9. The molecule has 2 rings (SSSR count). The lowest BCUT2D eigenvalue weighted by Gasteiger charge is -2.34. The van der Waals surface area contributed by atoms with Gasteiger partial charge in [-0.1, -0.05) is 6.92 Å². The normalized spacial score (nSPS) is 19.0. The van der Waals surface area contributed by atoms with Crippen LogP contribution in [-0.4, -0.2) is 30.6 Å². The standard InChI is InChI=1S/C16H22FN3/c1-2-8-20(15-4-3-7-19-11-15)12-14-9-13(10-18)5-6-16(14)17/h5-6,9,15,19H,2-4,7-8,11-12H2,1H3. The topological polar surface area (TPSA) is 39.1 Å². The van der Waals surface area contributed by atoms with E-state index < -0.39 is 0 Å². The van der Waals surface area contributed by atoms with Gasteiger partial charge in [-0.25, -0.2) is 4.39 Å². The Hall–Kier alpha value is -1.44. The molecule has 1 fully saturated rings. The van der Waals surface area contributed by atoms with E-state index in [-0.39, 0.29) is 5.82 Å². The molecular formula is C16H22FN3. The van der Waals surface area contributed by atoms with Crippen LogP contribution in [0.2, 0.25) is 0 Å². The Bertz CT molecular complexity index is 475. The summed E-state index contributed by atoms with van der Waals surface area (Å²) in [5.41, 5.74) is 1.16. The number of halogens is 1. The van der Waals surface area contributed by atoms with Crippen LogP contribution in [-0.2, 0) is 6.54 Å². The fourth-order valence-electron chi connectivity index (χ4n) is 2.81. The molecule has 0 aliphatic carbocycles. The zero-order valence-electron chi connectivity index (χ0n) is 12.0. The fourth-order valence-corrected chi connectivity index (χ4v) is 2.81. The molecule has 20 heavy (non-hydrogen) atoms. The summed E-state index contributed by atoms with van der Waals surface area (Å²) in [6, 6.07) is 7.16. The average molecular weight is 275 g/mol. The number of nitrogens with zero attached hydrogens (tertiary/aromatic N) is 2. The van der Waals surface area contributed by atoms with Crippen LogP contribution in [0.25, 0.3) is 0 Å². The van der Waals surface area contributed by atoms with Crippen LogP contribution in [0.1, 0.15) is 37.3 Å². The first kappa shape index (κ1) is 15.0. The van der Waals surface area contributed by atoms with Crippen LogP contribution in [0, 0.1) is 17.1 Å². The zero-order valence-corrected chi connectivity index (χ0v) is 12.0. The first-order valence-electron chi connectivity index (χ1n) is 7.38. The van der Waals surface area contributed by atoms with Gasteiger partial charge in [-0.3, -0.25) is 4.90 Å². The third-order valence-corrected chi connectivity index (χ3v) is 3.85. The quantitative estimate of drug-likeness (QED) is 0.898. The number of nitrogens with one attached hydrogen (secondary N) is 1. The van der Waals surface area contributed by atoms with Gasteiger partial charge in [-0.15, -0.1) is 0 Å². The van der Waals surface area contributed by atoms with Crippen LogP contribution < -0.4 is 5.32 Å². The van der Waals surface area contributed by atoms with Gasteiger partial charge in [0.25, 0.3) is 0 Å². The molecular weight excluding hydrogens is 253 g/mol. The maximum atomic E-state index is 13.9. The van der Waals surface area contributed by atoms with E-state index in [4.69, 9.17) is 5.26 Å². The summed E-state index contributed by atoms with van der Waals surface area (Å²) in [5, 5.41) is 12.4.